The van der Waals surface area contributed by atoms with E-state index in [9.17, 15) is 9.59 Å². The lowest BCUT2D eigenvalue weighted by Crippen LogP contribution is -2.13. The molecule has 0 aliphatic heterocycles. The number of aromatic carboxylic acids is 1. The topological polar surface area (TPSA) is 92.2 Å². The van der Waals surface area contributed by atoms with Crippen LogP contribution < -0.4 is 5.32 Å². The molecule has 0 spiro atoms. The summed E-state index contributed by atoms with van der Waals surface area (Å²) < 4.78 is 0. The monoisotopic (exact) mass is 263 g/mol. The van der Waals surface area contributed by atoms with Gasteiger partial charge in [-0.15, -0.1) is 11.3 Å². The van der Waals surface area contributed by atoms with E-state index in [1.807, 2.05) is 0 Å². The van der Waals surface area contributed by atoms with Crippen molar-refractivity contribution in [3.63, 3.8) is 0 Å². The van der Waals surface area contributed by atoms with Crippen LogP contribution in [-0.2, 0) is 0 Å². The SMILES string of the molecule is Cc1cc(C(=O)O)c(NC(=O)c2cncnc2)s1. The lowest BCUT2D eigenvalue weighted by molar-refractivity contribution is 0.0698. The molecular weight excluding hydrogens is 254 g/mol. The molecule has 0 aliphatic rings. The minimum Gasteiger partial charge on any atom is -0.478 e. The normalized spacial score (nSPS) is 10.1. The fourth-order valence-corrected chi connectivity index (χ4v) is 2.26. The number of hydrogen-bond acceptors (Lipinski definition) is 5. The summed E-state index contributed by atoms with van der Waals surface area (Å²) >= 11 is 1.21. The molecular formula is C11H9N3O3S. The highest BCUT2D eigenvalue weighted by Crippen LogP contribution is 2.27. The van der Waals surface area contributed by atoms with Gasteiger partial charge < -0.3 is 10.4 Å². The predicted octanol–water partition coefficient (Wildman–Crippen LogP) is 1.80. The van der Waals surface area contributed by atoms with Crippen LogP contribution in [0.5, 0.6) is 0 Å². The molecule has 0 aromatic carbocycles. The molecule has 0 radical (unpaired) electrons. The Labute approximate surface area is 106 Å². The number of rotatable bonds is 3. The van der Waals surface area contributed by atoms with Gasteiger partial charge in [0.05, 0.1) is 11.1 Å². The Bertz CT molecular complexity index is 595. The summed E-state index contributed by atoms with van der Waals surface area (Å²) in [6.07, 6.45) is 4.04. The molecule has 1 amide bonds. The number of aryl methyl sites for hydroxylation is 1. The summed E-state index contributed by atoms with van der Waals surface area (Å²) in [5.74, 6) is -1.50. The van der Waals surface area contributed by atoms with E-state index in [2.05, 4.69) is 15.3 Å². The van der Waals surface area contributed by atoms with E-state index in [-0.39, 0.29) is 11.1 Å². The Hall–Kier alpha value is -2.28. The lowest BCUT2D eigenvalue weighted by Gasteiger charge is -2.02. The molecule has 92 valence electrons. The summed E-state index contributed by atoms with van der Waals surface area (Å²) in [5.41, 5.74) is 0.364. The molecule has 0 saturated carbocycles. The maximum Gasteiger partial charge on any atom is 0.338 e. The van der Waals surface area contributed by atoms with Gasteiger partial charge in [0.2, 0.25) is 0 Å². The van der Waals surface area contributed by atoms with Crippen LogP contribution in [0, 0.1) is 6.92 Å². The van der Waals surface area contributed by atoms with Crippen LogP contribution in [0.3, 0.4) is 0 Å². The highest BCUT2D eigenvalue weighted by Gasteiger charge is 2.16. The highest BCUT2D eigenvalue weighted by atomic mass is 32.1. The van der Waals surface area contributed by atoms with Gasteiger partial charge in [0.25, 0.3) is 5.91 Å². The second kappa shape index (κ2) is 4.92. The third-order valence-corrected chi connectivity index (χ3v) is 3.10. The Balaban J connectivity index is 2.25. The largest absolute Gasteiger partial charge is 0.478 e. The predicted molar refractivity (Wildman–Crippen MR) is 66.0 cm³/mol. The molecule has 2 heterocycles. The zero-order chi connectivity index (χ0) is 13.1. The standard InChI is InChI=1S/C11H9N3O3S/c1-6-2-8(11(16)17)10(18-6)14-9(15)7-3-12-5-13-4-7/h2-5H,1H3,(H,14,15)(H,16,17). The molecule has 2 rings (SSSR count). The van der Waals surface area contributed by atoms with Gasteiger partial charge in [-0.25, -0.2) is 14.8 Å². The van der Waals surface area contributed by atoms with E-state index in [1.54, 1.807) is 6.92 Å². The summed E-state index contributed by atoms with van der Waals surface area (Å²) in [5, 5.41) is 11.9. The van der Waals surface area contributed by atoms with Crippen molar-refractivity contribution in [1.82, 2.24) is 9.97 Å². The molecule has 2 aromatic rings. The molecule has 2 N–H and O–H groups in total. The second-order valence-corrected chi connectivity index (χ2v) is 4.74. The molecule has 0 saturated heterocycles. The number of aromatic nitrogens is 2. The molecule has 0 unspecified atom stereocenters. The van der Waals surface area contributed by atoms with Crippen molar-refractivity contribution in [2.75, 3.05) is 5.32 Å². The first-order valence-corrected chi connectivity index (χ1v) is 5.79. The van der Waals surface area contributed by atoms with E-state index >= 15 is 0 Å². The summed E-state index contributed by atoms with van der Waals surface area (Å²) in [7, 11) is 0. The third kappa shape index (κ3) is 2.51. The zero-order valence-electron chi connectivity index (χ0n) is 9.38. The van der Waals surface area contributed by atoms with Crippen LogP contribution >= 0.6 is 11.3 Å². The Morgan fingerprint density at radius 2 is 2.00 bits per heavy atom. The number of carbonyl (C=O) groups excluding carboxylic acids is 1. The van der Waals surface area contributed by atoms with Gasteiger partial charge in [0.1, 0.15) is 11.3 Å². The van der Waals surface area contributed by atoms with Crippen molar-refractivity contribution in [2.24, 2.45) is 0 Å². The summed E-state index contributed by atoms with van der Waals surface area (Å²) in [6, 6.07) is 1.52. The van der Waals surface area contributed by atoms with Crippen LogP contribution in [-0.4, -0.2) is 27.0 Å². The summed E-state index contributed by atoms with van der Waals surface area (Å²) in [4.78, 5) is 31.1. The van der Waals surface area contributed by atoms with E-state index in [1.165, 1.54) is 36.1 Å². The Kier molecular flexibility index (Phi) is 3.33. The van der Waals surface area contributed by atoms with Gasteiger partial charge in [-0.2, -0.15) is 0 Å². The van der Waals surface area contributed by atoms with Gasteiger partial charge in [-0.3, -0.25) is 4.79 Å². The quantitative estimate of drug-likeness (QED) is 0.880. The van der Waals surface area contributed by atoms with Crippen molar-refractivity contribution < 1.29 is 14.7 Å². The zero-order valence-corrected chi connectivity index (χ0v) is 10.2. The number of thiophene rings is 1. The molecule has 18 heavy (non-hydrogen) atoms. The third-order valence-electron chi connectivity index (χ3n) is 2.14. The van der Waals surface area contributed by atoms with Crippen LogP contribution in [0.25, 0.3) is 0 Å². The first-order valence-electron chi connectivity index (χ1n) is 4.98. The number of nitrogens with zero attached hydrogens (tertiary/aromatic N) is 2. The van der Waals surface area contributed by atoms with Crippen LogP contribution in [0.2, 0.25) is 0 Å². The minimum absolute atomic E-state index is 0.0858. The number of nitrogens with one attached hydrogen (secondary N) is 1. The van der Waals surface area contributed by atoms with E-state index < -0.39 is 11.9 Å². The van der Waals surface area contributed by atoms with Crippen LogP contribution in [0.4, 0.5) is 5.00 Å². The number of carbonyl (C=O) groups is 2. The number of anilines is 1. The second-order valence-electron chi connectivity index (χ2n) is 3.49. The van der Waals surface area contributed by atoms with Crippen molar-refractivity contribution >= 4 is 28.2 Å². The van der Waals surface area contributed by atoms with Gasteiger partial charge >= 0.3 is 5.97 Å². The molecule has 0 atom stereocenters. The van der Waals surface area contributed by atoms with Gasteiger partial charge in [-0.05, 0) is 13.0 Å². The van der Waals surface area contributed by atoms with Crippen LogP contribution in [0.1, 0.15) is 25.6 Å². The lowest BCUT2D eigenvalue weighted by atomic mass is 10.3. The van der Waals surface area contributed by atoms with E-state index in [0.29, 0.717) is 5.00 Å². The minimum atomic E-state index is -1.07. The van der Waals surface area contributed by atoms with E-state index in [0.717, 1.165) is 4.88 Å². The number of carboxylic acids is 1. The van der Waals surface area contributed by atoms with E-state index in [4.69, 9.17) is 5.11 Å². The number of amides is 1. The first-order chi connectivity index (χ1) is 8.58. The average Bonchev–Trinajstić information content (AvgIpc) is 2.71. The Morgan fingerprint density at radius 1 is 1.33 bits per heavy atom. The van der Waals surface area contributed by atoms with Crippen LogP contribution in [0.15, 0.2) is 24.8 Å². The maximum absolute atomic E-state index is 11.8. The number of carboxylic acid groups (broad SMARTS) is 1. The van der Waals surface area contributed by atoms with Gasteiger partial charge in [0.15, 0.2) is 0 Å². The molecule has 2 aromatic heterocycles. The smallest absolute Gasteiger partial charge is 0.338 e. The highest BCUT2D eigenvalue weighted by molar-refractivity contribution is 7.16. The molecule has 7 heteroatoms. The summed E-state index contributed by atoms with van der Waals surface area (Å²) in [6.45, 7) is 1.78. The first kappa shape index (κ1) is 12.2. The number of hydrogen-bond donors (Lipinski definition) is 2. The molecule has 0 aliphatic carbocycles. The van der Waals surface area contributed by atoms with Crippen molar-refractivity contribution in [1.29, 1.82) is 0 Å². The molecule has 0 bridgehead atoms. The van der Waals surface area contributed by atoms with Gasteiger partial charge in [-0.1, -0.05) is 0 Å². The Morgan fingerprint density at radius 3 is 2.61 bits per heavy atom. The van der Waals surface area contributed by atoms with Gasteiger partial charge in [0, 0.05) is 17.3 Å². The fraction of sp³-hybridized carbons (Fsp3) is 0.0909. The van der Waals surface area contributed by atoms with Crippen molar-refractivity contribution in [3.8, 4) is 0 Å². The van der Waals surface area contributed by atoms with Crippen molar-refractivity contribution in [2.45, 2.75) is 6.92 Å². The molecule has 0 fully saturated rings. The maximum atomic E-state index is 11.8. The fourth-order valence-electron chi connectivity index (χ4n) is 1.36. The molecule has 6 nitrogen and oxygen atoms in total. The average molecular weight is 263 g/mol. The van der Waals surface area contributed by atoms with Crippen molar-refractivity contribution in [3.05, 3.63) is 40.8 Å².